The van der Waals surface area contributed by atoms with Crippen LogP contribution >= 0.6 is 0 Å². The first-order valence-corrected chi connectivity index (χ1v) is 5.10. The van der Waals surface area contributed by atoms with Gasteiger partial charge in [0.05, 0.1) is 5.75 Å². The predicted molar refractivity (Wildman–Crippen MR) is 45.3 cm³/mol. The van der Waals surface area contributed by atoms with Crippen LogP contribution in [0.1, 0.15) is 16.9 Å². The molecule has 0 atom stereocenters. The Morgan fingerprint density at radius 3 is 3.08 bits per heavy atom. The van der Waals surface area contributed by atoms with Gasteiger partial charge in [-0.05, 0) is 6.92 Å². The maximum Gasteiger partial charge on any atom is 0.267 e. The summed E-state index contributed by atoms with van der Waals surface area (Å²) >= 11 is 0. The van der Waals surface area contributed by atoms with Crippen molar-refractivity contribution >= 4 is 10.1 Å². The van der Waals surface area contributed by atoms with Crippen molar-refractivity contribution in [2.24, 2.45) is 6.98 Å². The Bertz CT molecular complexity index is 453. The first kappa shape index (κ1) is 6.50. The molecule has 0 saturated heterocycles. The van der Waals surface area contributed by atoms with Crippen LogP contribution in [-0.2, 0) is 27.9 Å². The molecule has 7 heteroatoms. The van der Waals surface area contributed by atoms with Gasteiger partial charge >= 0.3 is 0 Å². The monoisotopic (exact) mass is 208 g/mol. The van der Waals surface area contributed by atoms with Crippen molar-refractivity contribution in [2.45, 2.75) is 13.5 Å². The van der Waals surface area contributed by atoms with Crippen LogP contribution in [0.15, 0.2) is 6.33 Å². The molecule has 0 fully saturated rings. The number of hydrogen-bond donors (Lipinski definition) is 0. The summed E-state index contributed by atoms with van der Waals surface area (Å²) in [6.45, 7) is -1.35. The van der Waals surface area contributed by atoms with Gasteiger partial charge in [-0.3, -0.25) is 8.86 Å². The molecule has 0 N–H and O–H groups in total. The van der Waals surface area contributed by atoms with Crippen molar-refractivity contribution < 1.29 is 16.7 Å². The normalized spacial score (nSPS) is 16.2. The molecule has 0 aromatic carbocycles. The summed E-state index contributed by atoms with van der Waals surface area (Å²) in [5.41, 5.74) is 0. The second kappa shape index (κ2) is 3.84. The zero-order chi connectivity index (χ0) is 12.4. The fourth-order valence-corrected chi connectivity index (χ4v) is 1.04. The summed E-state index contributed by atoms with van der Waals surface area (Å²) in [5, 5.41) is 3.57. The fraction of sp³-hybridized carbons (Fsp3) is 0.667. The SMILES string of the molecule is [2H]C([2H])([2H])n1cnc(COS(=O)(=O)CC)n1. The Morgan fingerprint density at radius 1 is 1.77 bits per heavy atom. The maximum atomic E-state index is 11.0. The van der Waals surface area contributed by atoms with Crippen LogP contribution in [0.3, 0.4) is 0 Å². The lowest BCUT2D eigenvalue weighted by Crippen LogP contribution is -2.08. The maximum absolute atomic E-state index is 11.0. The lowest BCUT2D eigenvalue weighted by atomic mass is 10.7. The molecule has 0 spiro atoms. The van der Waals surface area contributed by atoms with Gasteiger partial charge in [-0.25, -0.2) is 4.98 Å². The van der Waals surface area contributed by atoms with Gasteiger partial charge in [0, 0.05) is 11.1 Å². The van der Waals surface area contributed by atoms with Crippen LogP contribution in [0.4, 0.5) is 0 Å². The Morgan fingerprint density at radius 2 is 2.54 bits per heavy atom. The molecule has 1 aromatic heterocycles. The van der Waals surface area contributed by atoms with E-state index in [1.165, 1.54) is 6.92 Å². The molecular weight excluding hydrogens is 194 g/mol. The highest BCUT2D eigenvalue weighted by Gasteiger charge is 2.09. The van der Waals surface area contributed by atoms with Gasteiger partial charge in [0.25, 0.3) is 10.1 Å². The van der Waals surface area contributed by atoms with Crippen molar-refractivity contribution in [3.8, 4) is 0 Å². The van der Waals surface area contributed by atoms with E-state index in [0.29, 0.717) is 4.68 Å². The second-order valence-corrected chi connectivity index (χ2v) is 4.14. The predicted octanol–water partition coefficient (Wildman–Crippen LogP) is -0.319. The molecule has 1 aromatic rings. The van der Waals surface area contributed by atoms with Gasteiger partial charge in [-0.15, -0.1) is 0 Å². The minimum Gasteiger partial charge on any atom is -0.262 e. The van der Waals surface area contributed by atoms with E-state index in [9.17, 15) is 8.42 Å². The quantitative estimate of drug-likeness (QED) is 0.634. The Labute approximate surface area is 80.9 Å². The Kier molecular flexibility index (Phi) is 1.92. The molecule has 0 aliphatic rings. The molecule has 0 bridgehead atoms. The summed E-state index contributed by atoms with van der Waals surface area (Å²) in [5.74, 6) is -0.152. The van der Waals surface area contributed by atoms with Crippen molar-refractivity contribution in [1.82, 2.24) is 14.8 Å². The van der Waals surface area contributed by atoms with Crippen LogP contribution in [0, 0.1) is 0 Å². The molecule has 0 unspecified atom stereocenters. The van der Waals surface area contributed by atoms with Crippen molar-refractivity contribution in [1.29, 1.82) is 0 Å². The van der Waals surface area contributed by atoms with Gasteiger partial charge < -0.3 is 0 Å². The number of aryl methyl sites for hydroxylation is 1. The number of rotatable bonds is 4. The average molecular weight is 208 g/mol. The third-order valence-electron chi connectivity index (χ3n) is 1.26. The second-order valence-electron chi connectivity index (χ2n) is 2.21. The van der Waals surface area contributed by atoms with Gasteiger partial charge in [0.2, 0.25) is 0 Å². The van der Waals surface area contributed by atoms with Crippen LogP contribution in [0.2, 0.25) is 0 Å². The molecule has 0 aliphatic heterocycles. The van der Waals surface area contributed by atoms with E-state index in [4.69, 9.17) is 4.11 Å². The van der Waals surface area contributed by atoms with E-state index >= 15 is 0 Å². The highest BCUT2D eigenvalue weighted by molar-refractivity contribution is 7.86. The Hall–Kier alpha value is -0.950. The highest BCUT2D eigenvalue weighted by Crippen LogP contribution is 1.98. The van der Waals surface area contributed by atoms with Crippen molar-refractivity contribution in [3.05, 3.63) is 12.2 Å². The standard InChI is InChI=1S/C6H11N3O3S/c1-3-13(10,11)12-4-6-7-5-9(2)8-6/h5H,3-4H2,1-2H3/i2D3. The van der Waals surface area contributed by atoms with E-state index in [-0.39, 0.29) is 18.2 Å². The first-order chi connectivity index (χ1) is 7.24. The molecule has 0 aliphatic carbocycles. The molecule has 1 rings (SSSR count). The molecule has 13 heavy (non-hydrogen) atoms. The van der Waals surface area contributed by atoms with Crippen LogP contribution in [-0.4, -0.2) is 28.9 Å². The summed E-state index contributed by atoms with van der Waals surface area (Å²) in [7, 11) is -3.57. The molecule has 74 valence electrons. The van der Waals surface area contributed by atoms with Crippen molar-refractivity contribution in [3.63, 3.8) is 0 Å². The van der Waals surface area contributed by atoms with E-state index < -0.39 is 17.1 Å². The largest absolute Gasteiger partial charge is 0.267 e. The van der Waals surface area contributed by atoms with E-state index in [0.717, 1.165) is 6.33 Å². The van der Waals surface area contributed by atoms with E-state index in [2.05, 4.69) is 14.3 Å². The zero-order valence-electron chi connectivity index (χ0n) is 9.97. The third-order valence-corrected chi connectivity index (χ3v) is 2.44. The summed E-state index contributed by atoms with van der Waals surface area (Å²) in [4.78, 5) is 3.62. The topological polar surface area (TPSA) is 74.1 Å². The minimum absolute atomic E-state index is 0.00755. The first-order valence-electron chi connectivity index (χ1n) is 5.03. The summed E-state index contributed by atoms with van der Waals surface area (Å²) in [6.07, 6.45) is 1.00. The minimum atomic E-state index is -3.57. The van der Waals surface area contributed by atoms with Crippen molar-refractivity contribution in [2.75, 3.05) is 5.75 Å². The third kappa shape index (κ3) is 3.11. The highest BCUT2D eigenvalue weighted by atomic mass is 32.2. The Balaban J connectivity index is 2.67. The summed E-state index contributed by atoms with van der Waals surface area (Å²) < 4.78 is 48.2. The van der Waals surface area contributed by atoms with Crippen LogP contribution in [0.5, 0.6) is 0 Å². The molecule has 6 nitrogen and oxygen atoms in total. The van der Waals surface area contributed by atoms with Gasteiger partial charge in [-0.2, -0.15) is 13.5 Å². The lowest BCUT2D eigenvalue weighted by Gasteiger charge is -1.98. The van der Waals surface area contributed by atoms with Crippen LogP contribution in [0.25, 0.3) is 0 Å². The smallest absolute Gasteiger partial charge is 0.262 e. The van der Waals surface area contributed by atoms with Gasteiger partial charge in [0.15, 0.2) is 5.82 Å². The lowest BCUT2D eigenvalue weighted by molar-refractivity contribution is 0.299. The van der Waals surface area contributed by atoms with E-state index in [1.54, 1.807) is 0 Å². The molecule has 0 amide bonds. The van der Waals surface area contributed by atoms with Gasteiger partial charge in [-0.1, -0.05) is 0 Å². The molecular formula is C6H11N3O3S. The van der Waals surface area contributed by atoms with Gasteiger partial charge in [0.1, 0.15) is 12.9 Å². The van der Waals surface area contributed by atoms with E-state index in [1.807, 2.05) is 0 Å². The number of aromatic nitrogens is 3. The average Bonchev–Trinajstić information content (AvgIpc) is 2.63. The number of nitrogens with zero attached hydrogens (tertiary/aromatic N) is 3. The number of hydrogen-bond acceptors (Lipinski definition) is 5. The van der Waals surface area contributed by atoms with Crippen LogP contribution < -0.4 is 0 Å². The fourth-order valence-electron chi connectivity index (χ4n) is 0.589. The molecule has 0 saturated carbocycles. The molecule has 1 heterocycles. The summed E-state index contributed by atoms with van der Waals surface area (Å²) in [6, 6.07) is 0. The molecule has 0 radical (unpaired) electrons. The zero-order valence-corrected chi connectivity index (χ0v) is 7.78.